The van der Waals surface area contributed by atoms with Crippen molar-refractivity contribution in [2.75, 3.05) is 0 Å². The van der Waals surface area contributed by atoms with Gasteiger partial charge in [0, 0.05) is 0 Å². The van der Waals surface area contributed by atoms with Crippen molar-refractivity contribution in [3.63, 3.8) is 0 Å². The molecular formula is C22H16O3. The molecule has 1 N–H and O–H groups in total. The maximum absolute atomic E-state index is 11.8. The van der Waals surface area contributed by atoms with E-state index in [0.717, 1.165) is 21.7 Å². The van der Waals surface area contributed by atoms with Gasteiger partial charge in [0.05, 0.1) is 0 Å². The molecule has 0 aliphatic rings. The van der Waals surface area contributed by atoms with E-state index in [4.69, 9.17) is 4.74 Å². The standard InChI is InChI=1S/C22H16O3/c23-22(24)21-19-11-4-2-7-16(19)12-13-20(21)25-14-17-9-5-8-15-6-1-3-10-18(15)17/h1-13H,14H2,(H,23,24). The molecule has 0 aliphatic heterocycles. The maximum atomic E-state index is 11.8. The van der Waals surface area contributed by atoms with Gasteiger partial charge >= 0.3 is 5.97 Å². The molecule has 0 saturated carbocycles. The third kappa shape index (κ3) is 2.81. The minimum atomic E-state index is -0.982. The predicted octanol–water partition coefficient (Wildman–Crippen LogP) is 5.27. The van der Waals surface area contributed by atoms with Gasteiger partial charge in [-0.05, 0) is 33.2 Å². The molecule has 3 heteroatoms. The molecule has 0 heterocycles. The number of hydrogen-bond acceptors (Lipinski definition) is 2. The molecule has 4 rings (SSSR count). The van der Waals surface area contributed by atoms with Gasteiger partial charge in [0.1, 0.15) is 17.9 Å². The molecule has 0 fully saturated rings. The van der Waals surface area contributed by atoms with Crippen LogP contribution < -0.4 is 4.74 Å². The number of carboxylic acids is 1. The molecule has 4 aromatic carbocycles. The number of carbonyl (C=O) groups is 1. The molecule has 0 atom stereocenters. The van der Waals surface area contributed by atoms with Gasteiger partial charge in [0.15, 0.2) is 0 Å². The molecule has 3 nitrogen and oxygen atoms in total. The van der Waals surface area contributed by atoms with Crippen LogP contribution in [0, 0.1) is 0 Å². The van der Waals surface area contributed by atoms with Crippen molar-refractivity contribution in [3.8, 4) is 5.75 Å². The molecular weight excluding hydrogens is 312 g/mol. The third-order valence-electron chi connectivity index (χ3n) is 4.37. The number of fused-ring (bicyclic) bond motifs is 2. The quantitative estimate of drug-likeness (QED) is 0.555. The van der Waals surface area contributed by atoms with Gasteiger partial charge in [-0.25, -0.2) is 4.79 Å². The highest BCUT2D eigenvalue weighted by molar-refractivity contribution is 6.06. The van der Waals surface area contributed by atoms with Crippen LogP contribution in [0.4, 0.5) is 0 Å². The maximum Gasteiger partial charge on any atom is 0.340 e. The summed E-state index contributed by atoms with van der Waals surface area (Å²) in [5.74, 6) is -0.594. The normalized spacial score (nSPS) is 10.9. The van der Waals surface area contributed by atoms with Gasteiger partial charge in [-0.2, -0.15) is 0 Å². The summed E-state index contributed by atoms with van der Waals surface area (Å²) in [6, 6.07) is 25.2. The second kappa shape index (κ2) is 6.29. The van der Waals surface area contributed by atoms with E-state index in [-0.39, 0.29) is 5.56 Å². The molecule has 25 heavy (non-hydrogen) atoms. The smallest absolute Gasteiger partial charge is 0.340 e. The van der Waals surface area contributed by atoms with Crippen molar-refractivity contribution in [3.05, 3.63) is 90.0 Å². The Bertz CT molecular complexity index is 1080. The Labute approximate surface area is 145 Å². The third-order valence-corrected chi connectivity index (χ3v) is 4.37. The SMILES string of the molecule is O=C(O)c1c(OCc2cccc3ccccc23)ccc2ccccc12. The van der Waals surface area contributed by atoms with Crippen LogP contribution in [0.15, 0.2) is 78.9 Å². The lowest BCUT2D eigenvalue weighted by atomic mass is 10.0. The zero-order valence-corrected chi connectivity index (χ0v) is 13.5. The summed E-state index contributed by atoms with van der Waals surface area (Å²) in [5.41, 5.74) is 1.24. The number of ether oxygens (including phenoxy) is 1. The highest BCUT2D eigenvalue weighted by Crippen LogP contribution is 2.29. The van der Waals surface area contributed by atoms with Gasteiger partial charge < -0.3 is 9.84 Å². The first kappa shape index (κ1) is 15.2. The first-order chi connectivity index (χ1) is 12.2. The molecule has 122 valence electrons. The van der Waals surface area contributed by atoms with Crippen molar-refractivity contribution < 1.29 is 14.6 Å². The lowest BCUT2D eigenvalue weighted by molar-refractivity contribution is 0.0694. The largest absolute Gasteiger partial charge is 0.488 e. The summed E-state index contributed by atoms with van der Waals surface area (Å²) in [4.78, 5) is 11.8. The molecule has 0 bridgehead atoms. The summed E-state index contributed by atoms with van der Waals surface area (Å²) in [6.45, 7) is 0.319. The van der Waals surface area contributed by atoms with Crippen LogP contribution in [0.2, 0.25) is 0 Å². The Morgan fingerprint density at radius 2 is 1.40 bits per heavy atom. The molecule has 0 amide bonds. The number of hydrogen-bond donors (Lipinski definition) is 1. The van der Waals surface area contributed by atoms with E-state index in [0.29, 0.717) is 17.7 Å². The number of rotatable bonds is 4. The Kier molecular flexibility index (Phi) is 3.82. The average Bonchev–Trinajstić information content (AvgIpc) is 2.65. The number of carboxylic acid groups (broad SMARTS) is 1. The molecule has 0 aliphatic carbocycles. The topological polar surface area (TPSA) is 46.5 Å². The second-order valence-corrected chi connectivity index (χ2v) is 5.89. The van der Waals surface area contributed by atoms with E-state index in [1.54, 1.807) is 6.07 Å². The van der Waals surface area contributed by atoms with Crippen molar-refractivity contribution in [2.24, 2.45) is 0 Å². The minimum Gasteiger partial charge on any atom is -0.488 e. The summed E-state index contributed by atoms with van der Waals surface area (Å²) >= 11 is 0. The Balaban J connectivity index is 1.73. The van der Waals surface area contributed by atoms with E-state index >= 15 is 0 Å². The first-order valence-corrected chi connectivity index (χ1v) is 8.08. The summed E-state index contributed by atoms with van der Waals surface area (Å²) in [5, 5.41) is 13.5. The fourth-order valence-electron chi connectivity index (χ4n) is 3.17. The monoisotopic (exact) mass is 328 g/mol. The van der Waals surface area contributed by atoms with Crippen molar-refractivity contribution >= 4 is 27.5 Å². The lowest BCUT2D eigenvalue weighted by Gasteiger charge is -2.13. The molecule has 4 aromatic rings. The zero-order valence-electron chi connectivity index (χ0n) is 13.5. The van der Waals surface area contributed by atoms with E-state index in [1.165, 1.54) is 0 Å². The van der Waals surface area contributed by atoms with Crippen LogP contribution in [0.25, 0.3) is 21.5 Å². The Morgan fingerprint density at radius 3 is 2.16 bits per heavy atom. The van der Waals surface area contributed by atoms with Gasteiger partial charge in [0.25, 0.3) is 0 Å². The van der Waals surface area contributed by atoms with Crippen LogP contribution in [0.3, 0.4) is 0 Å². The number of benzene rings is 4. The van der Waals surface area contributed by atoms with Gasteiger partial charge in [0.2, 0.25) is 0 Å². The molecule has 0 spiro atoms. The second-order valence-electron chi connectivity index (χ2n) is 5.89. The first-order valence-electron chi connectivity index (χ1n) is 8.08. The molecule has 0 unspecified atom stereocenters. The predicted molar refractivity (Wildman–Crippen MR) is 99.2 cm³/mol. The van der Waals surface area contributed by atoms with Crippen LogP contribution in [-0.4, -0.2) is 11.1 Å². The van der Waals surface area contributed by atoms with E-state index < -0.39 is 5.97 Å². The van der Waals surface area contributed by atoms with Gasteiger partial charge in [-0.15, -0.1) is 0 Å². The summed E-state index contributed by atoms with van der Waals surface area (Å²) in [6.07, 6.45) is 0. The highest BCUT2D eigenvalue weighted by atomic mass is 16.5. The van der Waals surface area contributed by atoms with E-state index in [2.05, 4.69) is 12.1 Å². The fourth-order valence-corrected chi connectivity index (χ4v) is 3.17. The van der Waals surface area contributed by atoms with Crippen molar-refractivity contribution in [1.82, 2.24) is 0 Å². The molecule has 0 aromatic heterocycles. The zero-order chi connectivity index (χ0) is 17.2. The highest BCUT2D eigenvalue weighted by Gasteiger charge is 2.16. The fraction of sp³-hybridized carbons (Fsp3) is 0.0455. The molecule has 0 saturated heterocycles. The van der Waals surface area contributed by atoms with Crippen LogP contribution in [0.5, 0.6) is 5.75 Å². The van der Waals surface area contributed by atoms with E-state index in [9.17, 15) is 9.90 Å². The minimum absolute atomic E-state index is 0.207. The molecule has 0 radical (unpaired) electrons. The summed E-state index contributed by atoms with van der Waals surface area (Å²) in [7, 11) is 0. The van der Waals surface area contributed by atoms with Crippen LogP contribution in [-0.2, 0) is 6.61 Å². The Morgan fingerprint density at radius 1 is 0.760 bits per heavy atom. The van der Waals surface area contributed by atoms with Crippen molar-refractivity contribution in [1.29, 1.82) is 0 Å². The van der Waals surface area contributed by atoms with Gasteiger partial charge in [-0.3, -0.25) is 0 Å². The number of aromatic carboxylic acids is 1. The van der Waals surface area contributed by atoms with Crippen LogP contribution in [0.1, 0.15) is 15.9 Å². The Hall–Kier alpha value is -3.33. The summed E-state index contributed by atoms with van der Waals surface area (Å²) < 4.78 is 5.92. The van der Waals surface area contributed by atoms with Crippen molar-refractivity contribution in [2.45, 2.75) is 6.61 Å². The van der Waals surface area contributed by atoms with Gasteiger partial charge in [-0.1, -0.05) is 72.8 Å². The average molecular weight is 328 g/mol. The lowest BCUT2D eigenvalue weighted by Crippen LogP contribution is -2.04. The van der Waals surface area contributed by atoms with E-state index in [1.807, 2.05) is 60.7 Å². The van der Waals surface area contributed by atoms with Crippen LogP contribution >= 0.6 is 0 Å².